The van der Waals surface area contributed by atoms with E-state index in [2.05, 4.69) is 16.1 Å². The van der Waals surface area contributed by atoms with Crippen LogP contribution in [0.5, 0.6) is 0 Å². The van der Waals surface area contributed by atoms with Crippen molar-refractivity contribution in [1.82, 2.24) is 26.1 Å². The second-order valence-corrected chi connectivity index (χ2v) is 12.8. The van der Waals surface area contributed by atoms with E-state index in [0.29, 0.717) is 50.8 Å². The number of fused-ring (bicyclic) bond motifs is 4. The summed E-state index contributed by atoms with van der Waals surface area (Å²) in [5, 5.41) is 18.3. The molecule has 11 heteroatoms. The summed E-state index contributed by atoms with van der Waals surface area (Å²) < 4.78 is 5.93. The number of carbonyl (C=O) groups excluding carboxylic acids is 4. The van der Waals surface area contributed by atoms with Gasteiger partial charge in [-0.3, -0.25) is 29.2 Å². The van der Waals surface area contributed by atoms with E-state index in [-0.39, 0.29) is 17.9 Å². The van der Waals surface area contributed by atoms with Crippen LogP contribution in [0.15, 0.2) is 36.4 Å². The Balaban J connectivity index is 1.53. The number of rotatable bonds is 1. The summed E-state index contributed by atoms with van der Waals surface area (Å²) in [6.07, 6.45) is 4.84. The van der Waals surface area contributed by atoms with Crippen LogP contribution >= 0.6 is 0 Å². The molecule has 1 aliphatic carbocycles. The van der Waals surface area contributed by atoms with Crippen LogP contribution in [0.4, 0.5) is 0 Å². The zero-order valence-corrected chi connectivity index (χ0v) is 25.8. The first kappa shape index (κ1) is 31.6. The van der Waals surface area contributed by atoms with Crippen LogP contribution in [0.1, 0.15) is 83.5 Å². The molecule has 1 aromatic carbocycles. The standard InChI is InChI=1S/C33H43N5O6/c1-19(2)28-30(41)35-21(4)31(42)38-17-5-6-26(37-38)29(40)34-20(3)25-10-9-23-8-7-22(18-27(23)36-25)11-14-33(32(43)44-28)15-12-24(39)13-16-33/h7-11,14,18-21,24,26,28,37,39H,5-6,12-13,15-17H2,1-4H3,(H,34,40)(H,35,41)/b14-11+/t20?,21-,24?,26-,28?,33?/m0/s1. The number of nitrogens with one attached hydrogen (secondary N) is 3. The molecule has 11 nitrogen and oxygen atoms in total. The summed E-state index contributed by atoms with van der Waals surface area (Å²) in [6.45, 7) is 7.39. The molecular formula is C33H43N5O6. The number of esters is 1. The molecule has 4 N–H and O–H groups in total. The Kier molecular flexibility index (Phi) is 9.36. The average Bonchev–Trinajstić information content (AvgIpc) is 3.01. The van der Waals surface area contributed by atoms with E-state index in [1.807, 2.05) is 49.4 Å². The number of aliphatic hydroxyl groups is 1. The second kappa shape index (κ2) is 13.0. The number of carbonyl (C=O) groups is 4. The Labute approximate surface area is 257 Å². The quantitative estimate of drug-likeness (QED) is 0.363. The number of hydrogen-bond acceptors (Lipinski definition) is 8. The molecule has 1 saturated carbocycles. The third-order valence-corrected chi connectivity index (χ3v) is 8.98. The summed E-state index contributed by atoms with van der Waals surface area (Å²) in [7, 11) is 0. The summed E-state index contributed by atoms with van der Waals surface area (Å²) in [5.74, 6) is -2.09. The van der Waals surface area contributed by atoms with Crippen molar-refractivity contribution >= 4 is 40.7 Å². The minimum atomic E-state index is -1.12. The molecule has 3 heterocycles. The van der Waals surface area contributed by atoms with Crippen LogP contribution in [0, 0.1) is 11.3 Å². The first-order chi connectivity index (χ1) is 21.0. The molecule has 0 radical (unpaired) electrons. The number of ether oxygens (including phenoxy) is 1. The zero-order valence-electron chi connectivity index (χ0n) is 25.8. The fraction of sp³-hybridized carbons (Fsp3) is 0.545. The Hall–Kier alpha value is -3.83. The lowest BCUT2D eigenvalue weighted by molar-refractivity contribution is -0.168. The number of aliphatic hydroxyl groups excluding tert-OH is 1. The van der Waals surface area contributed by atoms with Crippen LogP contribution in [0.3, 0.4) is 0 Å². The zero-order chi connectivity index (χ0) is 31.6. The fourth-order valence-electron chi connectivity index (χ4n) is 6.15. The van der Waals surface area contributed by atoms with E-state index in [9.17, 15) is 24.3 Å². The minimum absolute atomic E-state index is 0.245. The highest BCUT2D eigenvalue weighted by molar-refractivity contribution is 5.92. The topological polar surface area (TPSA) is 150 Å². The Bertz CT molecular complexity index is 1450. The van der Waals surface area contributed by atoms with E-state index in [0.717, 1.165) is 16.5 Å². The highest BCUT2D eigenvalue weighted by atomic mass is 16.5. The molecule has 44 heavy (non-hydrogen) atoms. The normalized spacial score (nSPS) is 31.5. The largest absolute Gasteiger partial charge is 0.451 e. The van der Waals surface area contributed by atoms with Crippen molar-refractivity contribution in [2.75, 3.05) is 6.54 Å². The molecule has 1 saturated heterocycles. The summed E-state index contributed by atoms with van der Waals surface area (Å²) in [6, 6.07) is 7.74. The first-order valence-corrected chi connectivity index (χ1v) is 15.6. The van der Waals surface area contributed by atoms with Gasteiger partial charge in [0.1, 0.15) is 12.1 Å². The Morgan fingerprint density at radius 1 is 0.977 bits per heavy atom. The molecule has 2 aromatic rings. The number of pyridine rings is 1. The molecule has 4 atom stereocenters. The predicted octanol–water partition coefficient (Wildman–Crippen LogP) is 2.93. The van der Waals surface area contributed by atoms with Gasteiger partial charge in [0.05, 0.1) is 28.8 Å². The van der Waals surface area contributed by atoms with Gasteiger partial charge in [0.25, 0.3) is 11.8 Å². The predicted molar refractivity (Wildman–Crippen MR) is 164 cm³/mol. The lowest BCUT2D eigenvalue weighted by atomic mass is 9.72. The number of hydrogen-bond donors (Lipinski definition) is 4. The van der Waals surface area contributed by atoms with Crippen molar-refractivity contribution in [1.29, 1.82) is 0 Å². The second-order valence-electron chi connectivity index (χ2n) is 12.8. The van der Waals surface area contributed by atoms with E-state index in [4.69, 9.17) is 9.72 Å². The van der Waals surface area contributed by atoms with Crippen molar-refractivity contribution in [3.8, 4) is 0 Å². The van der Waals surface area contributed by atoms with Gasteiger partial charge in [-0.25, -0.2) is 5.43 Å². The number of aromatic nitrogens is 1. The van der Waals surface area contributed by atoms with Crippen LogP contribution in [0.25, 0.3) is 17.0 Å². The van der Waals surface area contributed by atoms with E-state index < -0.39 is 47.5 Å². The number of hydrazine groups is 1. The maximum atomic E-state index is 13.9. The lowest BCUT2D eigenvalue weighted by Crippen LogP contribution is -2.61. The van der Waals surface area contributed by atoms with Gasteiger partial charge in [0.2, 0.25) is 5.91 Å². The van der Waals surface area contributed by atoms with Gasteiger partial charge in [-0.05, 0) is 76.0 Å². The van der Waals surface area contributed by atoms with Gasteiger partial charge >= 0.3 is 5.97 Å². The molecule has 2 unspecified atom stereocenters. The van der Waals surface area contributed by atoms with Crippen LogP contribution in [-0.4, -0.2) is 69.6 Å². The fourth-order valence-corrected chi connectivity index (χ4v) is 6.15. The number of nitrogens with zero attached hydrogens (tertiary/aromatic N) is 2. The maximum absolute atomic E-state index is 13.9. The number of amides is 3. The molecule has 2 fully saturated rings. The van der Waals surface area contributed by atoms with E-state index >= 15 is 0 Å². The van der Waals surface area contributed by atoms with Gasteiger partial charge in [-0.15, -0.1) is 0 Å². The molecule has 5 bridgehead atoms. The average molecular weight is 606 g/mol. The third-order valence-electron chi connectivity index (χ3n) is 8.98. The first-order valence-electron chi connectivity index (χ1n) is 15.6. The van der Waals surface area contributed by atoms with Crippen LogP contribution in [-0.2, 0) is 23.9 Å². The summed E-state index contributed by atoms with van der Waals surface area (Å²) in [4.78, 5) is 58.7. The molecular weight excluding hydrogens is 562 g/mol. The third kappa shape index (κ3) is 6.78. The SMILES string of the molecule is CC1NC(=O)[C@@H]2CCCN(N2)C(=O)[C@H](C)NC(=O)C(C(C)C)OC(=O)C2(/C=C/c3ccc4ccc1nc4c3)CCC(O)CC2. The van der Waals surface area contributed by atoms with Crippen LogP contribution < -0.4 is 16.1 Å². The summed E-state index contributed by atoms with van der Waals surface area (Å²) in [5.41, 5.74) is 4.27. The smallest absolute Gasteiger partial charge is 0.316 e. The van der Waals surface area contributed by atoms with Crippen molar-refractivity contribution in [3.05, 3.63) is 47.7 Å². The van der Waals surface area contributed by atoms with Gasteiger partial charge < -0.3 is 20.5 Å². The number of benzene rings is 1. The Morgan fingerprint density at radius 2 is 1.68 bits per heavy atom. The van der Waals surface area contributed by atoms with Gasteiger partial charge in [0, 0.05) is 11.9 Å². The molecule has 1 spiro atoms. The highest BCUT2D eigenvalue weighted by Gasteiger charge is 2.43. The summed E-state index contributed by atoms with van der Waals surface area (Å²) >= 11 is 0. The van der Waals surface area contributed by atoms with Crippen LogP contribution in [0.2, 0.25) is 0 Å². The molecule has 3 amide bonds. The van der Waals surface area contributed by atoms with E-state index in [1.54, 1.807) is 20.8 Å². The van der Waals surface area contributed by atoms with E-state index in [1.165, 1.54) is 5.01 Å². The molecule has 2 aliphatic heterocycles. The highest BCUT2D eigenvalue weighted by Crippen LogP contribution is 2.40. The maximum Gasteiger partial charge on any atom is 0.316 e. The van der Waals surface area contributed by atoms with Crippen molar-refractivity contribution < 1.29 is 29.0 Å². The number of cyclic esters (lactones) is 1. The monoisotopic (exact) mass is 605 g/mol. The van der Waals surface area contributed by atoms with Crippen molar-refractivity contribution in [2.45, 2.75) is 96.6 Å². The van der Waals surface area contributed by atoms with Crippen molar-refractivity contribution in [2.24, 2.45) is 11.3 Å². The molecule has 5 rings (SSSR count). The minimum Gasteiger partial charge on any atom is -0.451 e. The molecule has 3 aliphatic rings. The van der Waals surface area contributed by atoms with Gasteiger partial charge in [-0.2, -0.15) is 0 Å². The van der Waals surface area contributed by atoms with Crippen molar-refractivity contribution in [3.63, 3.8) is 0 Å². The molecule has 1 aromatic heterocycles. The Morgan fingerprint density at radius 3 is 2.41 bits per heavy atom. The lowest BCUT2D eigenvalue weighted by Gasteiger charge is -2.36. The van der Waals surface area contributed by atoms with Gasteiger partial charge in [0.15, 0.2) is 6.10 Å². The molecule has 236 valence electrons. The van der Waals surface area contributed by atoms with Gasteiger partial charge in [-0.1, -0.05) is 44.2 Å².